The maximum atomic E-state index is 9.90. The lowest BCUT2D eigenvalue weighted by molar-refractivity contribution is 0.102. The lowest BCUT2D eigenvalue weighted by atomic mass is 10.1. The van der Waals surface area contributed by atoms with Gasteiger partial charge in [-0.1, -0.05) is 12.1 Å². The molecular weight excluding hydrogens is 254 g/mol. The summed E-state index contributed by atoms with van der Waals surface area (Å²) in [7, 11) is 0. The number of nitrogens with one attached hydrogen (secondary N) is 2. The first-order valence-electron chi connectivity index (χ1n) is 7.00. The molecular formula is C15H21N3O2. The standard InChI is InChI=1S/C15H21N3O2/c1-16-13-3-2-4-15(9-13)20-11-14(19)10-18-12-5-7-17-8-6-12/h2-4,9,12,14,17-19H,5-8,10-11H2/t14-/m0/s1. The Morgan fingerprint density at radius 3 is 3.00 bits per heavy atom. The summed E-state index contributed by atoms with van der Waals surface area (Å²) < 4.78 is 5.50. The molecule has 1 aliphatic heterocycles. The zero-order chi connectivity index (χ0) is 14.2. The number of piperidine rings is 1. The molecule has 5 nitrogen and oxygen atoms in total. The van der Waals surface area contributed by atoms with Crippen molar-refractivity contribution in [3.8, 4) is 5.75 Å². The third-order valence-corrected chi connectivity index (χ3v) is 3.37. The van der Waals surface area contributed by atoms with E-state index in [1.165, 1.54) is 0 Å². The minimum atomic E-state index is -0.540. The van der Waals surface area contributed by atoms with Crippen molar-refractivity contribution in [1.29, 1.82) is 0 Å². The highest BCUT2D eigenvalue weighted by Crippen LogP contribution is 2.19. The Bertz CT molecular complexity index is 453. The molecule has 1 heterocycles. The molecule has 1 fully saturated rings. The molecule has 0 aromatic heterocycles. The lowest BCUT2D eigenvalue weighted by Gasteiger charge is -2.25. The highest BCUT2D eigenvalue weighted by Gasteiger charge is 2.14. The summed E-state index contributed by atoms with van der Waals surface area (Å²) in [6, 6.07) is 7.47. The topological polar surface area (TPSA) is 57.9 Å². The van der Waals surface area contributed by atoms with E-state index in [0.717, 1.165) is 25.9 Å². The molecule has 1 saturated heterocycles. The van der Waals surface area contributed by atoms with Gasteiger partial charge in [-0.3, -0.25) is 0 Å². The Hall–Kier alpha value is -1.61. The van der Waals surface area contributed by atoms with Gasteiger partial charge in [-0.15, -0.1) is 0 Å². The Morgan fingerprint density at radius 1 is 1.45 bits per heavy atom. The third kappa shape index (κ3) is 4.82. The second kappa shape index (κ2) is 7.85. The Kier molecular flexibility index (Phi) is 5.81. The normalized spacial score (nSPS) is 17.4. The van der Waals surface area contributed by atoms with E-state index in [2.05, 4.69) is 15.5 Å². The number of nitrogens with zero attached hydrogens (tertiary/aromatic N) is 1. The van der Waals surface area contributed by atoms with E-state index < -0.39 is 6.10 Å². The van der Waals surface area contributed by atoms with E-state index in [0.29, 0.717) is 24.0 Å². The van der Waals surface area contributed by atoms with Crippen LogP contribution in [0.15, 0.2) is 24.3 Å². The van der Waals surface area contributed by atoms with Gasteiger partial charge in [0.15, 0.2) is 5.69 Å². The van der Waals surface area contributed by atoms with Gasteiger partial charge in [0.1, 0.15) is 18.5 Å². The van der Waals surface area contributed by atoms with Crippen LogP contribution in [0, 0.1) is 6.57 Å². The van der Waals surface area contributed by atoms with Crippen LogP contribution < -0.4 is 15.4 Å². The SMILES string of the molecule is [C-]#[N+]c1cccc(OC[C@@H](O)CNC2CCNCC2)c1. The van der Waals surface area contributed by atoms with E-state index in [1.807, 2.05) is 0 Å². The molecule has 1 atom stereocenters. The van der Waals surface area contributed by atoms with E-state index in [-0.39, 0.29) is 6.61 Å². The van der Waals surface area contributed by atoms with Gasteiger partial charge in [-0.2, -0.15) is 0 Å². The van der Waals surface area contributed by atoms with Crippen molar-refractivity contribution in [1.82, 2.24) is 10.6 Å². The third-order valence-electron chi connectivity index (χ3n) is 3.37. The number of benzene rings is 1. The molecule has 0 spiro atoms. The Morgan fingerprint density at radius 2 is 2.25 bits per heavy atom. The van der Waals surface area contributed by atoms with Crippen molar-refractivity contribution >= 4 is 5.69 Å². The number of aliphatic hydroxyl groups excluding tert-OH is 1. The average molecular weight is 275 g/mol. The van der Waals surface area contributed by atoms with Crippen molar-refractivity contribution in [2.45, 2.75) is 25.0 Å². The second-order valence-electron chi connectivity index (χ2n) is 5.01. The minimum Gasteiger partial charge on any atom is -0.492 e. The van der Waals surface area contributed by atoms with Gasteiger partial charge in [-0.25, -0.2) is 4.85 Å². The first-order valence-corrected chi connectivity index (χ1v) is 7.00. The monoisotopic (exact) mass is 275 g/mol. The van der Waals surface area contributed by atoms with Gasteiger partial charge in [0.2, 0.25) is 0 Å². The fourth-order valence-corrected chi connectivity index (χ4v) is 2.22. The van der Waals surface area contributed by atoms with E-state index in [1.54, 1.807) is 24.3 Å². The van der Waals surface area contributed by atoms with Crippen molar-refractivity contribution in [2.75, 3.05) is 26.2 Å². The summed E-state index contributed by atoms with van der Waals surface area (Å²) in [5.74, 6) is 0.624. The molecule has 0 aliphatic carbocycles. The van der Waals surface area contributed by atoms with Crippen LogP contribution in [0.25, 0.3) is 4.85 Å². The van der Waals surface area contributed by atoms with Gasteiger partial charge >= 0.3 is 0 Å². The van der Waals surface area contributed by atoms with Crippen LogP contribution in [0.4, 0.5) is 5.69 Å². The van der Waals surface area contributed by atoms with Crippen LogP contribution in [-0.2, 0) is 0 Å². The van der Waals surface area contributed by atoms with Gasteiger partial charge in [0.25, 0.3) is 0 Å². The molecule has 108 valence electrons. The molecule has 2 rings (SSSR count). The van der Waals surface area contributed by atoms with Gasteiger partial charge in [0.05, 0.1) is 6.57 Å². The number of hydrogen-bond acceptors (Lipinski definition) is 4. The molecule has 0 saturated carbocycles. The summed E-state index contributed by atoms with van der Waals surface area (Å²) in [6.45, 7) is 9.78. The van der Waals surface area contributed by atoms with Crippen molar-refractivity contribution < 1.29 is 9.84 Å². The quantitative estimate of drug-likeness (QED) is 0.685. The molecule has 0 unspecified atom stereocenters. The van der Waals surface area contributed by atoms with Gasteiger partial charge in [0, 0.05) is 12.6 Å². The van der Waals surface area contributed by atoms with Gasteiger partial charge in [-0.05, 0) is 38.1 Å². The minimum absolute atomic E-state index is 0.236. The zero-order valence-electron chi connectivity index (χ0n) is 11.5. The van der Waals surface area contributed by atoms with Crippen molar-refractivity contribution in [2.24, 2.45) is 0 Å². The lowest BCUT2D eigenvalue weighted by Crippen LogP contribution is -2.43. The first-order chi connectivity index (χ1) is 9.78. The van der Waals surface area contributed by atoms with E-state index in [4.69, 9.17) is 11.3 Å². The number of hydrogen-bond donors (Lipinski definition) is 3. The summed E-state index contributed by atoms with van der Waals surface area (Å²) >= 11 is 0. The molecule has 1 aromatic carbocycles. The molecule has 0 amide bonds. The molecule has 1 aliphatic rings. The van der Waals surface area contributed by atoms with E-state index in [9.17, 15) is 5.11 Å². The van der Waals surface area contributed by atoms with Crippen LogP contribution in [-0.4, -0.2) is 43.5 Å². The summed E-state index contributed by atoms with van der Waals surface area (Å²) in [6.07, 6.45) is 1.66. The van der Waals surface area contributed by atoms with Gasteiger partial charge < -0.3 is 20.5 Å². The van der Waals surface area contributed by atoms with Crippen LogP contribution in [0.2, 0.25) is 0 Å². The number of ether oxygens (including phenoxy) is 1. The maximum absolute atomic E-state index is 9.90. The molecule has 0 bridgehead atoms. The fourth-order valence-electron chi connectivity index (χ4n) is 2.22. The average Bonchev–Trinajstić information content (AvgIpc) is 2.52. The smallest absolute Gasteiger partial charge is 0.190 e. The number of rotatable bonds is 6. The molecule has 3 N–H and O–H groups in total. The number of aliphatic hydroxyl groups is 1. The largest absolute Gasteiger partial charge is 0.492 e. The summed E-state index contributed by atoms with van der Waals surface area (Å²) in [5, 5.41) is 16.6. The summed E-state index contributed by atoms with van der Waals surface area (Å²) in [4.78, 5) is 3.35. The first kappa shape index (κ1) is 14.8. The van der Waals surface area contributed by atoms with Crippen LogP contribution >= 0.6 is 0 Å². The fraction of sp³-hybridized carbons (Fsp3) is 0.533. The van der Waals surface area contributed by atoms with Crippen LogP contribution in [0.1, 0.15) is 12.8 Å². The predicted molar refractivity (Wildman–Crippen MR) is 78.1 cm³/mol. The zero-order valence-corrected chi connectivity index (χ0v) is 11.5. The van der Waals surface area contributed by atoms with Crippen LogP contribution in [0.3, 0.4) is 0 Å². The highest BCUT2D eigenvalue weighted by atomic mass is 16.5. The molecule has 0 radical (unpaired) electrons. The van der Waals surface area contributed by atoms with E-state index >= 15 is 0 Å². The maximum Gasteiger partial charge on any atom is 0.190 e. The van der Waals surface area contributed by atoms with Crippen molar-refractivity contribution in [3.63, 3.8) is 0 Å². The van der Waals surface area contributed by atoms with Crippen LogP contribution in [0.5, 0.6) is 5.75 Å². The predicted octanol–water partition coefficient (Wildman–Crippen LogP) is 1.32. The highest BCUT2D eigenvalue weighted by molar-refractivity contribution is 5.48. The second-order valence-corrected chi connectivity index (χ2v) is 5.01. The molecule has 20 heavy (non-hydrogen) atoms. The van der Waals surface area contributed by atoms with Crippen molar-refractivity contribution in [3.05, 3.63) is 35.7 Å². The summed E-state index contributed by atoms with van der Waals surface area (Å²) in [5.41, 5.74) is 0.546. The molecule has 1 aromatic rings. The Balaban J connectivity index is 1.68. The molecule has 5 heteroatoms. The Labute approximate surface area is 119 Å².